The van der Waals surface area contributed by atoms with Gasteiger partial charge in [0.2, 0.25) is 5.91 Å². The Labute approximate surface area is 135 Å². The molecule has 1 aromatic carbocycles. The van der Waals surface area contributed by atoms with Crippen molar-refractivity contribution in [3.8, 4) is 0 Å². The zero-order valence-corrected chi connectivity index (χ0v) is 13.5. The second-order valence-electron chi connectivity index (χ2n) is 4.94. The lowest BCUT2D eigenvalue weighted by Gasteiger charge is -2.33. The first-order valence-corrected chi connectivity index (χ1v) is 7.56. The Kier molecular flexibility index (Phi) is 5.73. The zero-order chi connectivity index (χ0) is 15.2. The smallest absolute Gasteiger partial charge is 0.250 e. The third-order valence-electron chi connectivity index (χ3n) is 3.34. The lowest BCUT2D eigenvalue weighted by Crippen LogP contribution is -2.51. The van der Waals surface area contributed by atoms with Crippen molar-refractivity contribution in [1.29, 1.82) is 0 Å². The van der Waals surface area contributed by atoms with Crippen LogP contribution in [0.4, 0.5) is 0 Å². The molecule has 0 aromatic heterocycles. The van der Waals surface area contributed by atoms with Crippen molar-refractivity contribution >= 4 is 40.9 Å². The zero-order valence-electron chi connectivity index (χ0n) is 11.9. The minimum Gasteiger partial charge on any atom is -0.346 e. The van der Waals surface area contributed by atoms with Crippen molar-refractivity contribution in [2.24, 2.45) is 0 Å². The topological polar surface area (TPSA) is 35.6 Å². The summed E-state index contributed by atoms with van der Waals surface area (Å²) in [5.74, 6) is -0.237. The van der Waals surface area contributed by atoms with E-state index in [1.165, 1.54) is 6.08 Å². The van der Waals surface area contributed by atoms with Gasteiger partial charge in [-0.15, -0.1) is 0 Å². The van der Waals surface area contributed by atoms with Crippen LogP contribution in [0.15, 0.2) is 30.3 Å². The van der Waals surface area contributed by atoms with Crippen LogP contribution < -0.4 is 5.32 Å². The number of nitrogens with one attached hydrogen (secondary N) is 1. The van der Waals surface area contributed by atoms with Gasteiger partial charge in [0.15, 0.2) is 5.11 Å². The van der Waals surface area contributed by atoms with Gasteiger partial charge in [0, 0.05) is 37.3 Å². The number of piperazine rings is 1. The third-order valence-corrected chi connectivity index (χ3v) is 4.04. The van der Waals surface area contributed by atoms with E-state index in [1.54, 1.807) is 12.1 Å². The van der Waals surface area contributed by atoms with Gasteiger partial charge in [-0.05, 0) is 37.0 Å². The Hall–Kier alpha value is -1.43. The molecule has 0 radical (unpaired) electrons. The van der Waals surface area contributed by atoms with E-state index < -0.39 is 0 Å². The fraction of sp³-hybridized carbons (Fsp3) is 0.333. The lowest BCUT2D eigenvalue weighted by atomic mass is 10.2. The fourth-order valence-corrected chi connectivity index (χ4v) is 2.49. The highest BCUT2D eigenvalue weighted by Gasteiger charge is 2.16. The molecule has 0 atom stereocenters. The normalized spacial score (nSPS) is 16.2. The first kappa shape index (κ1) is 15.9. The number of halogens is 1. The maximum absolute atomic E-state index is 11.9. The van der Waals surface area contributed by atoms with Crippen molar-refractivity contribution in [1.82, 2.24) is 15.1 Å². The molecule has 0 spiro atoms. The van der Waals surface area contributed by atoms with Crippen molar-refractivity contribution in [2.45, 2.75) is 0 Å². The van der Waals surface area contributed by atoms with Gasteiger partial charge in [-0.2, -0.15) is 0 Å². The van der Waals surface area contributed by atoms with Crippen LogP contribution in [-0.4, -0.2) is 54.0 Å². The average molecular weight is 324 g/mol. The predicted molar refractivity (Wildman–Crippen MR) is 90.3 cm³/mol. The summed E-state index contributed by atoms with van der Waals surface area (Å²) in [4.78, 5) is 16.1. The highest BCUT2D eigenvalue weighted by Crippen LogP contribution is 2.16. The molecular formula is C15H18ClN3OS. The van der Waals surface area contributed by atoms with Gasteiger partial charge in [-0.3, -0.25) is 10.1 Å². The van der Waals surface area contributed by atoms with Gasteiger partial charge < -0.3 is 9.80 Å². The number of rotatable bonds is 2. The van der Waals surface area contributed by atoms with Crippen molar-refractivity contribution in [3.63, 3.8) is 0 Å². The largest absolute Gasteiger partial charge is 0.346 e. The second kappa shape index (κ2) is 7.54. The predicted octanol–water partition coefficient (Wildman–Crippen LogP) is 2.00. The number of likely N-dealkylation sites (N-methyl/N-ethyl adjacent to an activating group) is 1. The minimum atomic E-state index is -0.237. The van der Waals surface area contributed by atoms with E-state index in [2.05, 4.69) is 17.3 Å². The molecule has 1 N–H and O–H groups in total. The first-order valence-electron chi connectivity index (χ1n) is 6.77. The maximum atomic E-state index is 11.9. The van der Waals surface area contributed by atoms with Crippen LogP contribution >= 0.6 is 23.8 Å². The number of hydrogen-bond donors (Lipinski definition) is 1. The van der Waals surface area contributed by atoms with Crippen LogP contribution in [0.1, 0.15) is 5.56 Å². The summed E-state index contributed by atoms with van der Waals surface area (Å²) in [6, 6.07) is 7.36. The molecule has 0 bridgehead atoms. The second-order valence-corrected chi connectivity index (χ2v) is 5.73. The first-order chi connectivity index (χ1) is 10.1. The molecule has 4 nitrogen and oxygen atoms in total. The Morgan fingerprint density at radius 1 is 1.29 bits per heavy atom. The molecule has 1 saturated heterocycles. The van der Waals surface area contributed by atoms with Crippen LogP contribution in [0, 0.1) is 0 Å². The molecule has 2 rings (SSSR count). The number of carbonyl (C=O) groups excluding carboxylic acids is 1. The van der Waals surface area contributed by atoms with Gasteiger partial charge in [-0.1, -0.05) is 29.8 Å². The molecule has 1 amide bonds. The average Bonchev–Trinajstić information content (AvgIpc) is 2.47. The summed E-state index contributed by atoms with van der Waals surface area (Å²) < 4.78 is 0. The van der Waals surface area contributed by atoms with E-state index in [-0.39, 0.29) is 5.91 Å². The SMILES string of the molecule is CN1CCN(C(=S)NC(=O)C=Cc2ccccc2Cl)CC1. The highest BCUT2D eigenvalue weighted by atomic mass is 35.5. The van der Waals surface area contributed by atoms with Gasteiger partial charge in [0.1, 0.15) is 0 Å². The summed E-state index contributed by atoms with van der Waals surface area (Å²) in [6.45, 7) is 3.57. The molecule has 112 valence electrons. The molecule has 1 aromatic rings. The molecular weight excluding hydrogens is 306 g/mol. The lowest BCUT2D eigenvalue weighted by molar-refractivity contribution is -0.115. The minimum absolute atomic E-state index is 0.237. The molecule has 0 unspecified atom stereocenters. The summed E-state index contributed by atoms with van der Waals surface area (Å²) in [5, 5.41) is 3.82. The van der Waals surface area contributed by atoms with Crippen molar-refractivity contribution < 1.29 is 4.79 Å². The Balaban J connectivity index is 1.87. The number of carbonyl (C=O) groups is 1. The van der Waals surface area contributed by atoms with E-state index in [0.29, 0.717) is 10.1 Å². The van der Waals surface area contributed by atoms with Crippen LogP contribution in [0.25, 0.3) is 6.08 Å². The summed E-state index contributed by atoms with van der Waals surface area (Å²) >= 11 is 11.3. The maximum Gasteiger partial charge on any atom is 0.250 e. The van der Waals surface area contributed by atoms with E-state index in [9.17, 15) is 4.79 Å². The molecule has 0 saturated carbocycles. The number of amides is 1. The quantitative estimate of drug-likeness (QED) is 0.667. The molecule has 1 fully saturated rings. The molecule has 21 heavy (non-hydrogen) atoms. The van der Waals surface area contributed by atoms with Gasteiger partial charge in [0.05, 0.1) is 0 Å². The van der Waals surface area contributed by atoms with E-state index in [1.807, 2.05) is 23.1 Å². The molecule has 1 aliphatic rings. The fourth-order valence-electron chi connectivity index (χ4n) is 2.01. The van der Waals surface area contributed by atoms with Crippen LogP contribution in [0.2, 0.25) is 5.02 Å². The van der Waals surface area contributed by atoms with E-state index in [4.69, 9.17) is 23.8 Å². The summed E-state index contributed by atoms with van der Waals surface area (Å²) in [6.07, 6.45) is 3.13. The molecule has 0 aliphatic carbocycles. The van der Waals surface area contributed by atoms with Crippen molar-refractivity contribution in [2.75, 3.05) is 33.2 Å². The Morgan fingerprint density at radius 3 is 2.62 bits per heavy atom. The molecule has 6 heteroatoms. The van der Waals surface area contributed by atoms with Gasteiger partial charge in [0.25, 0.3) is 0 Å². The van der Waals surface area contributed by atoms with Crippen LogP contribution in [-0.2, 0) is 4.79 Å². The molecule has 1 aliphatic heterocycles. The van der Waals surface area contributed by atoms with E-state index in [0.717, 1.165) is 31.7 Å². The molecule has 1 heterocycles. The van der Waals surface area contributed by atoms with Crippen LogP contribution in [0.3, 0.4) is 0 Å². The number of benzene rings is 1. The van der Waals surface area contributed by atoms with Crippen LogP contribution in [0.5, 0.6) is 0 Å². The standard InChI is InChI=1S/C15H18ClN3OS/c1-18-8-10-19(11-9-18)15(21)17-14(20)7-6-12-4-2-3-5-13(12)16/h2-7H,8-11H2,1H3,(H,17,20,21). The van der Waals surface area contributed by atoms with Gasteiger partial charge in [-0.25, -0.2) is 0 Å². The number of hydrogen-bond acceptors (Lipinski definition) is 3. The third kappa shape index (κ3) is 4.81. The Morgan fingerprint density at radius 2 is 1.95 bits per heavy atom. The number of nitrogens with zero attached hydrogens (tertiary/aromatic N) is 2. The van der Waals surface area contributed by atoms with E-state index >= 15 is 0 Å². The monoisotopic (exact) mass is 323 g/mol. The Bertz CT molecular complexity index is 554. The van der Waals surface area contributed by atoms with Gasteiger partial charge >= 0.3 is 0 Å². The van der Waals surface area contributed by atoms with Crippen molar-refractivity contribution in [3.05, 3.63) is 40.9 Å². The number of thiocarbonyl (C=S) groups is 1. The summed E-state index contributed by atoms with van der Waals surface area (Å²) in [7, 11) is 2.07. The summed E-state index contributed by atoms with van der Waals surface area (Å²) in [5.41, 5.74) is 0.805. The highest BCUT2D eigenvalue weighted by molar-refractivity contribution is 7.80.